The van der Waals surface area contributed by atoms with Crippen LogP contribution >= 0.6 is 11.6 Å². The molecule has 0 N–H and O–H groups in total. The molecule has 0 saturated carbocycles. The van der Waals surface area contributed by atoms with Crippen molar-refractivity contribution < 1.29 is 14.4 Å². The quantitative estimate of drug-likeness (QED) is 0.439. The van der Waals surface area contributed by atoms with Crippen LogP contribution in [0, 0.1) is 10.1 Å². The Hall–Kier alpha value is -2.27. The number of non-ortho nitro benzene ring substituents is 1. The van der Waals surface area contributed by atoms with Crippen LogP contribution in [-0.2, 0) is 0 Å². The van der Waals surface area contributed by atoms with Crippen LogP contribution < -0.4 is 9.47 Å². The van der Waals surface area contributed by atoms with Crippen molar-refractivity contribution in [1.82, 2.24) is 0 Å². The van der Waals surface area contributed by atoms with Gasteiger partial charge in [-0.25, -0.2) is 0 Å². The summed E-state index contributed by atoms with van der Waals surface area (Å²) in [6.07, 6.45) is 0.647. The van der Waals surface area contributed by atoms with Gasteiger partial charge >= 0.3 is 0 Å². The largest absolute Gasteiger partial charge is 0.493 e. The van der Waals surface area contributed by atoms with Crippen molar-refractivity contribution in [3.8, 4) is 11.5 Å². The molecule has 0 aliphatic rings. The molecule has 0 unspecified atom stereocenters. The number of halogens is 1. The number of ether oxygens (including phenoxy) is 2. The van der Waals surface area contributed by atoms with Crippen molar-refractivity contribution in [3.05, 3.63) is 63.7 Å². The predicted octanol–water partition coefficient (Wildman–Crippen LogP) is 4.10. The molecule has 21 heavy (non-hydrogen) atoms. The van der Waals surface area contributed by atoms with E-state index in [0.717, 1.165) is 5.75 Å². The van der Waals surface area contributed by atoms with Gasteiger partial charge in [-0.05, 0) is 18.2 Å². The number of para-hydroxylation sites is 1. The summed E-state index contributed by atoms with van der Waals surface area (Å²) in [6, 6.07) is 13.6. The van der Waals surface area contributed by atoms with E-state index in [0.29, 0.717) is 30.4 Å². The van der Waals surface area contributed by atoms with Crippen molar-refractivity contribution in [2.24, 2.45) is 0 Å². The van der Waals surface area contributed by atoms with Crippen LogP contribution in [0.3, 0.4) is 0 Å². The monoisotopic (exact) mass is 307 g/mol. The van der Waals surface area contributed by atoms with E-state index in [2.05, 4.69) is 0 Å². The lowest BCUT2D eigenvalue weighted by molar-refractivity contribution is -0.384. The third-order valence-electron chi connectivity index (χ3n) is 2.68. The Labute approximate surface area is 127 Å². The zero-order chi connectivity index (χ0) is 15.1. The summed E-state index contributed by atoms with van der Waals surface area (Å²) in [6.45, 7) is 0.865. The van der Waals surface area contributed by atoms with Gasteiger partial charge in [0, 0.05) is 12.5 Å². The average Bonchev–Trinajstić information content (AvgIpc) is 2.49. The zero-order valence-corrected chi connectivity index (χ0v) is 12.0. The highest BCUT2D eigenvalue weighted by Gasteiger charge is 2.10. The van der Waals surface area contributed by atoms with Gasteiger partial charge < -0.3 is 9.47 Å². The van der Waals surface area contributed by atoms with E-state index in [1.165, 1.54) is 18.2 Å². The molecule has 2 aromatic carbocycles. The minimum absolute atomic E-state index is 0.0464. The minimum atomic E-state index is -0.484. The SMILES string of the molecule is O=[N+]([O-])c1ccc(Cl)c(OCCCOc2ccccc2)c1. The van der Waals surface area contributed by atoms with Crippen molar-refractivity contribution in [1.29, 1.82) is 0 Å². The smallest absolute Gasteiger partial charge is 0.273 e. The molecule has 0 aromatic heterocycles. The van der Waals surface area contributed by atoms with E-state index >= 15 is 0 Å². The first kappa shape index (κ1) is 15.1. The van der Waals surface area contributed by atoms with Crippen LogP contribution in [0.5, 0.6) is 11.5 Å². The fourth-order valence-electron chi connectivity index (χ4n) is 1.66. The summed E-state index contributed by atoms with van der Waals surface area (Å²) in [7, 11) is 0. The molecule has 0 spiro atoms. The molecule has 0 atom stereocenters. The second kappa shape index (κ2) is 7.50. The summed E-state index contributed by atoms with van der Waals surface area (Å²) < 4.78 is 11.0. The van der Waals surface area contributed by atoms with Crippen LogP contribution in [0.2, 0.25) is 5.02 Å². The van der Waals surface area contributed by atoms with Gasteiger partial charge in [-0.3, -0.25) is 10.1 Å². The van der Waals surface area contributed by atoms with Gasteiger partial charge in [-0.2, -0.15) is 0 Å². The van der Waals surface area contributed by atoms with E-state index in [4.69, 9.17) is 21.1 Å². The van der Waals surface area contributed by atoms with Crippen LogP contribution in [-0.4, -0.2) is 18.1 Å². The lowest BCUT2D eigenvalue weighted by Crippen LogP contribution is -2.05. The third-order valence-corrected chi connectivity index (χ3v) is 3.00. The van der Waals surface area contributed by atoms with Gasteiger partial charge in [0.25, 0.3) is 5.69 Å². The molecule has 0 radical (unpaired) electrons. The van der Waals surface area contributed by atoms with Crippen LogP contribution in [0.4, 0.5) is 5.69 Å². The summed E-state index contributed by atoms with van der Waals surface area (Å²) in [4.78, 5) is 10.2. The summed E-state index contributed by atoms with van der Waals surface area (Å²) >= 11 is 5.93. The van der Waals surface area contributed by atoms with E-state index in [1.54, 1.807) is 0 Å². The Kier molecular flexibility index (Phi) is 5.40. The number of hydrogen-bond donors (Lipinski definition) is 0. The fourth-order valence-corrected chi connectivity index (χ4v) is 1.84. The fraction of sp³-hybridized carbons (Fsp3) is 0.200. The zero-order valence-electron chi connectivity index (χ0n) is 11.2. The van der Waals surface area contributed by atoms with Gasteiger partial charge in [-0.1, -0.05) is 29.8 Å². The van der Waals surface area contributed by atoms with Gasteiger partial charge in [-0.15, -0.1) is 0 Å². The van der Waals surface area contributed by atoms with Crippen molar-refractivity contribution in [2.45, 2.75) is 6.42 Å². The molecule has 2 rings (SSSR count). The summed E-state index contributed by atoms with van der Waals surface area (Å²) in [5.74, 6) is 1.11. The number of hydrogen-bond acceptors (Lipinski definition) is 4. The van der Waals surface area contributed by atoms with Gasteiger partial charge in [0.05, 0.1) is 29.2 Å². The Morgan fingerprint density at radius 3 is 2.48 bits per heavy atom. The minimum Gasteiger partial charge on any atom is -0.493 e. The maximum absolute atomic E-state index is 10.7. The van der Waals surface area contributed by atoms with Crippen LogP contribution in [0.1, 0.15) is 6.42 Å². The lowest BCUT2D eigenvalue weighted by Gasteiger charge is -2.09. The predicted molar refractivity (Wildman–Crippen MR) is 80.2 cm³/mol. The molecule has 0 saturated heterocycles. The molecule has 0 aliphatic carbocycles. The Morgan fingerprint density at radius 1 is 1.05 bits per heavy atom. The van der Waals surface area contributed by atoms with E-state index < -0.39 is 4.92 Å². The van der Waals surface area contributed by atoms with E-state index in [1.807, 2.05) is 30.3 Å². The number of nitrogens with zero attached hydrogens (tertiary/aromatic N) is 1. The highest BCUT2D eigenvalue weighted by molar-refractivity contribution is 6.32. The Morgan fingerprint density at radius 2 is 1.76 bits per heavy atom. The maximum atomic E-state index is 10.7. The van der Waals surface area contributed by atoms with Crippen LogP contribution in [0.25, 0.3) is 0 Å². The molecular weight excluding hydrogens is 294 g/mol. The average molecular weight is 308 g/mol. The molecule has 0 heterocycles. The molecule has 110 valence electrons. The van der Waals surface area contributed by atoms with Crippen molar-refractivity contribution in [3.63, 3.8) is 0 Å². The van der Waals surface area contributed by atoms with Crippen LogP contribution in [0.15, 0.2) is 48.5 Å². The van der Waals surface area contributed by atoms with Gasteiger partial charge in [0.1, 0.15) is 11.5 Å². The Bertz CT molecular complexity index is 604. The molecule has 0 bridgehead atoms. The molecule has 2 aromatic rings. The van der Waals surface area contributed by atoms with Crippen molar-refractivity contribution in [2.75, 3.05) is 13.2 Å². The first-order valence-electron chi connectivity index (χ1n) is 6.41. The number of benzene rings is 2. The highest BCUT2D eigenvalue weighted by atomic mass is 35.5. The first-order valence-corrected chi connectivity index (χ1v) is 6.79. The topological polar surface area (TPSA) is 61.6 Å². The second-order valence-corrected chi connectivity index (χ2v) is 4.64. The molecule has 5 nitrogen and oxygen atoms in total. The number of rotatable bonds is 7. The van der Waals surface area contributed by atoms with Gasteiger partial charge in [0.2, 0.25) is 0 Å². The number of nitro groups is 1. The van der Waals surface area contributed by atoms with Gasteiger partial charge in [0.15, 0.2) is 0 Å². The first-order chi connectivity index (χ1) is 10.2. The molecule has 0 amide bonds. The molecule has 0 aliphatic heterocycles. The second-order valence-electron chi connectivity index (χ2n) is 4.24. The molecular formula is C15H14ClNO4. The Balaban J connectivity index is 1.78. The lowest BCUT2D eigenvalue weighted by atomic mass is 10.3. The van der Waals surface area contributed by atoms with E-state index in [9.17, 15) is 10.1 Å². The standard InChI is InChI=1S/C15H14ClNO4/c16-14-8-7-12(17(18)19)11-15(14)21-10-4-9-20-13-5-2-1-3-6-13/h1-3,5-8,11H,4,9-10H2. The summed E-state index contributed by atoms with van der Waals surface area (Å²) in [5.41, 5.74) is -0.0464. The number of nitro benzene ring substituents is 1. The van der Waals surface area contributed by atoms with Crippen molar-refractivity contribution >= 4 is 17.3 Å². The molecule has 6 heteroatoms. The van der Waals surface area contributed by atoms with E-state index in [-0.39, 0.29) is 5.69 Å². The normalized spacial score (nSPS) is 10.1. The third kappa shape index (κ3) is 4.65. The summed E-state index contributed by atoms with van der Waals surface area (Å²) in [5, 5.41) is 11.0. The highest BCUT2D eigenvalue weighted by Crippen LogP contribution is 2.28. The maximum Gasteiger partial charge on any atom is 0.273 e. The molecule has 0 fully saturated rings.